The third-order valence-electron chi connectivity index (χ3n) is 4.52. The van der Waals surface area contributed by atoms with Gasteiger partial charge in [0.05, 0.1) is 16.3 Å². The Morgan fingerprint density at radius 3 is 1.93 bits per heavy atom. The molecule has 11 heteroatoms. The van der Waals surface area contributed by atoms with Crippen molar-refractivity contribution in [3.8, 4) is 11.1 Å². The third-order valence-corrected chi connectivity index (χ3v) is 4.73. The lowest BCUT2D eigenvalue weighted by Crippen LogP contribution is -2.26. The maximum absolute atomic E-state index is 12.6. The van der Waals surface area contributed by atoms with Crippen LogP contribution >= 0.6 is 11.6 Å². The topological polar surface area (TPSA) is 157 Å². The Morgan fingerprint density at radius 1 is 0.724 bits per heavy atom. The normalized spacial score (nSPS) is 11.5. The van der Waals surface area contributed by atoms with Crippen LogP contribution in [-0.2, 0) is 0 Å². The molecule has 5 aromatic rings. The summed E-state index contributed by atoms with van der Waals surface area (Å²) in [6, 6.07) is 8.54. The van der Waals surface area contributed by atoms with Gasteiger partial charge >= 0.3 is 11.4 Å². The average Bonchev–Trinajstić information content (AvgIpc) is 2.65. The van der Waals surface area contributed by atoms with Crippen LogP contribution in [0.1, 0.15) is 0 Å². The van der Waals surface area contributed by atoms with Gasteiger partial charge in [-0.15, -0.1) is 0 Å². The summed E-state index contributed by atoms with van der Waals surface area (Å²) in [7, 11) is 0. The molecule has 0 aliphatic heterocycles. The van der Waals surface area contributed by atoms with Crippen molar-refractivity contribution >= 4 is 44.6 Å². The van der Waals surface area contributed by atoms with E-state index >= 15 is 0 Å². The maximum atomic E-state index is 12.6. The van der Waals surface area contributed by atoms with Crippen molar-refractivity contribution in [2.45, 2.75) is 0 Å². The molecule has 0 atom stereocenters. The molecule has 0 aliphatic carbocycles. The molecule has 1 aromatic carbocycles. The minimum absolute atomic E-state index is 0.00368. The zero-order chi connectivity index (χ0) is 20.3. The first kappa shape index (κ1) is 17.1. The molecule has 4 aromatic heterocycles. The lowest BCUT2D eigenvalue weighted by atomic mass is 9.98. The number of H-pyrrole nitrogens is 4. The summed E-state index contributed by atoms with van der Waals surface area (Å²) in [5.74, 6) is 0. The molecule has 0 fully saturated rings. The highest BCUT2D eigenvalue weighted by Gasteiger charge is 2.19. The number of fused-ring (bicyclic) bond motifs is 3. The van der Waals surface area contributed by atoms with E-state index in [0.29, 0.717) is 11.1 Å². The van der Waals surface area contributed by atoms with Gasteiger partial charge in [0.25, 0.3) is 11.1 Å². The Balaban J connectivity index is 2.05. The van der Waals surface area contributed by atoms with Gasteiger partial charge in [0, 0.05) is 10.9 Å². The Hall–Kier alpha value is -4.05. The SMILES string of the molecule is O=c1[nH]c(=O)c2c(-c3ccc4ccc(Cl)nc4c3)c3c(=O)[nH]c(=O)[nH]c3nc2[nH]1. The van der Waals surface area contributed by atoms with Gasteiger partial charge in [-0.2, -0.15) is 0 Å². The Morgan fingerprint density at radius 2 is 1.31 bits per heavy atom. The monoisotopic (exact) mass is 408 g/mol. The largest absolute Gasteiger partial charge is 0.327 e. The van der Waals surface area contributed by atoms with Gasteiger partial charge in [0.2, 0.25) is 0 Å². The number of rotatable bonds is 1. The molecule has 29 heavy (non-hydrogen) atoms. The quantitative estimate of drug-likeness (QED) is 0.239. The number of aromatic amines is 4. The Kier molecular flexibility index (Phi) is 3.52. The summed E-state index contributed by atoms with van der Waals surface area (Å²) >= 11 is 5.98. The fourth-order valence-electron chi connectivity index (χ4n) is 3.35. The van der Waals surface area contributed by atoms with Gasteiger partial charge < -0.3 is 0 Å². The lowest BCUT2D eigenvalue weighted by molar-refractivity contribution is 1.04. The molecule has 0 unspecified atom stereocenters. The maximum Gasteiger partial charge on any atom is 0.327 e. The predicted molar refractivity (Wildman–Crippen MR) is 107 cm³/mol. The summed E-state index contributed by atoms with van der Waals surface area (Å²) in [4.78, 5) is 66.1. The van der Waals surface area contributed by atoms with Crippen LogP contribution in [0.3, 0.4) is 0 Å². The van der Waals surface area contributed by atoms with Crippen molar-refractivity contribution in [1.29, 1.82) is 0 Å². The summed E-state index contributed by atoms with van der Waals surface area (Å²) in [5.41, 5.74) is -1.92. The molecular formula is C18H9ClN6O4. The van der Waals surface area contributed by atoms with Gasteiger partial charge in [0.1, 0.15) is 16.4 Å². The first-order valence-electron chi connectivity index (χ1n) is 8.30. The zero-order valence-electron chi connectivity index (χ0n) is 14.3. The van der Waals surface area contributed by atoms with Crippen LogP contribution in [0.15, 0.2) is 49.5 Å². The molecule has 0 bridgehead atoms. The number of halogens is 1. The van der Waals surface area contributed by atoms with Crippen molar-refractivity contribution in [1.82, 2.24) is 29.9 Å². The zero-order valence-corrected chi connectivity index (χ0v) is 15.0. The summed E-state index contributed by atoms with van der Waals surface area (Å²) in [6.45, 7) is 0. The van der Waals surface area contributed by atoms with Gasteiger partial charge in [-0.05, 0) is 23.8 Å². The van der Waals surface area contributed by atoms with E-state index < -0.39 is 22.5 Å². The molecule has 4 N–H and O–H groups in total. The van der Waals surface area contributed by atoms with E-state index in [4.69, 9.17) is 11.6 Å². The predicted octanol–water partition coefficient (Wildman–Crippen LogP) is 1.01. The highest BCUT2D eigenvalue weighted by molar-refractivity contribution is 6.29. The fraction of sp³-hybridized carbons (Fsp3) is 0. The second-order valence-corrected chi connectivity index (χ2v) is 6.68. The Labute approximate surface area is 163 Å². The first-order chi connectivity index (χ1) is 13.9. The van der Waals surface area contributed by atoms with Gasteiger partial charge in [0.15, 0.2) is 0 Å². The molecular weight excluding hydrogens is 400 g/mol. The summed E-state index contributed by atoms with van der Waals surface area (Å²) in [6.07, 6.45) is 0. The number of nitrogens with one attached hydrogen (secondary N) is 4. The van der Waals surface area contributed by atoms with Gasteiger partial charge in [-0.3, -0.25) is 29.5 Å². The van der Waals surface area contributed by atoms with E-state index in [-0.39, 0.29) is 32.8 Å². The number of hydrogen-bond acceptors (Lipinski definition) is 6. The molecule has 0 saturated heterocycles. The van der Waals surface area contributed by atoms with E-state index in [9.17, 15) is 19.2 Å². The van der Waals surface area contributed by atoms with Gasteiger partial charge in [-0.25, -0.2) is 19.6 Å². The number of aromatic nitrogens is 6. The van der Waals surface area contributed by atoms with Crippen LogP contribution < -0.4 is 22.5 Å². The van der Waals surface area contributed by atoms with Crippen LogP contribution in [-0.4, -0.2) is 29.9 Å². The molecule has 142 valence electrons. The van der Waals surface area contributed by atoms with E-state index in [2.05, 4.69) is 29.9 Å². The smallest absolute Gasteiger partial charge is 0.291 e. The Bertz CT molecular complexity index is 1630. The van der Waals surface area contributed by atoms with E-state index in [1.807, 2.05) is 0 Å². The number of nitrogens with zero attached hydrogens (tertiary/aromatic N) is 2. The van der Waals surface area contributed by atoms with Crippen LogP contribution in [0.2, 0.25) is 5.15 Å². The van der Waals surface area contributed by atoms with Crippen molar-refractivity contribution in [3.63, 3.8) is 0 Å². The van der Waals surface area contributed by atoms with E-state index in [0.717, 1.165) is 5.39 Å². The molecule has 0 amide bonds. The van der Waals surface area contributed by atoms with Crippen molar-refractivity contribution < 1.29 is 0 Å². The number of benzene rings is 1. The van der Waals surface area contributed by atoms with Crippen molar-refractivity contribution in [2.24, 2.45) is 0 Å². The fourth-order valence-corrected chi connectivity index (χ4v) is 3.51. The summed E-state index contributed by atoms with van der Waals surface area (Å²) < 4.78 is 0. The van der Waals surface area contributed by atoms with Crippen molar-refractivity contribution in [3.05, 3.63) is 77.2 Å². The average molecular weight is 409 g/mol. The molecule has 4 heterocycles. The first-order valence-corrected chi connectivity index (χ1v) is 8.68. The standard InChI is InChI=1S/C18H9ClN6O4/c19-9-4-3-6-1-2-7(5-8(6)20-9)10-11-13(22-17(28)24-15(11)26)21-14-12(10)16(27)25-18(29)23-14/h1-5H,(H4,21,22,23,24,25,26,27,28,29). The molecule has 0 radical (unpaired) electrons. The molecule has 5 rings (SSSR count). The summed E-state index contributed by atoms with van der Waals surface area (Å²) in [5, 5.41) is 1.07. The highest BCUT2D eigenvalue weighted by atomic mass is 35.5. The highest BCUT2D eigenvalue weighted by Crippen LogP contribution is 2.31. The second-order valence-electron chi connectivity index (χ2n) is 6.29. The molecule has 0 aliphatic rings. The number of hydrogen-bond donors (Lipinski definition) is 4. The van der Waals surface area contributed by atoms with E-state index in [1.165, 1.54) is 0 Å². The van der Waals surface area contributed by atoms with E-state index in [1.54, 1.807) is 30.3 Å². The second kappa shape index (κ2) is 5.97. The molecule has 0 saturated carbocycles. The minimum atomic E-state index is -0.764. The number of pyridine rings is 2. The molecule has 10 nitrogen and oxygen atoms in total. The van der Waals surface area contributed by atoms with Gasteiger partial charge in [-0.1, -0.05) is 23.7 Å². The van der Waals surface area contributed by atoms with Crippen LogP contribution in [0.5, 0.6) is 0 Å². The van der Waals surface area contributed by atoms with Crippen LogP contribution in [0, 0.1) is 0 Å². The minimum Gasteiger partial charge on any atom is -0.291 e. The third kappa shape index (κ3) is 2.65. The van der Waals surface area contributed by atoms with Crippen LogP contribution in [0.4, 0.5) is 0 Å². The lowest BCUT2D eigenvalue weighted by Gasteiger charge is -2.10. The van der Waals surface area contributed by atoms with Crippen molar-refractivity contribution in [2.75, 3.05) is 0 Å². The molecule has 0 spiro atoms. The van der Waals surface area contributed by atoms with Crippen LogP contribution in [0.25, 0.3) is 44.1 Å².